The van der Waals surface area contributed by atoms with E-state index < -0.39 is 11.1 Å². The Morgan fingerprint density at radius 3 is 2.55 bits per heavy atom. The van der Waals surface area contributed by atoms with Gasteiger partial charge in [-0.15, -0.1) is 11.3 Å². The van der Waals surface area contributed by atoms with Gasteiger partial charge >= 0.3 is 6.18 Å². The molecule has 0 unspecified atom stereocenters. The molecule has 1 fully saturated rings. The van der Waals surface area contributed by atoms with E-state index in [0.717, 1.165) is 30.6 Å². The van der Waals surface area contributed by atoms with Crippen LogP contribution in [0.1, 0.15) is 40.9 Å². The number of fused-ring (bicyclic) bond motifs is 1. The van der Waals surface area contributed by atoms with Gasteiger partial charge in [-0.3, -0.25) is 4.79 Å². The summed E-state index contributed by atoms with van der Waals surface area (Å²) in [6.07, 6.45) is -0.918. The van der Waals surface area contributed by atoms with Crippen LogP contribution in [-0.4, -0.2) is 25.1 Å². The first-order valence-electron chi connectivity index (χ1n) is 10.1. The third-order valence-electron chi connectivity index (χ3n) is 5.56. The second kappa shape index (κ2) is 8.78. The van der Waals surface area contributed by atoms with Crippen molar-refractivity contribution in [2.75, 3.05) is 12.4 Å². The highest BCUT2D eigenvalue weighted by Crippen LogP contribution is 2.40. The molecule has 31 heavy (non-hydrogen) atoms. The predicted octanol–water partition coefficient (Wildman–Crippen LogP) is 6.08. The number of alkyl halides is 3. The Morgan fingerprint density at radius 1 is 1.10 bits per heavy atom. The summed E-state index contributed by atoms with van der Waals surface area (Å²) in [4.78, 5) is 12.0. The van der Waals surface area contributed by atoms with Crippen LogP contribution in [0.3, 0.4) is 0 Å². The van der Waals surface area contributed by atoms with E-state index in [1.165, 1.54) is 6.07 Å². The van der Waals surface area contributed by atoms with Gasteiger partial charge in [-0.25, -0.2) is 0 Å². The lowest BCUT2D eigenvalue weighted by Gasteiger charge is -2.31. The molecule has 1 saturated carbocycles. The van der Waals surface area contributed by atoms with Gasteiger partial charge in [0.1, 0.15) is 10.6 Å². The van der Waals surface area contributed by atoms with Gasteiger partial charge in [-0.2, -0.15) is 13.2 Å². The molecule has 1 amide bonds. The standard InChI is InChI=1S/C23H23F3N2O2S/c1-30-17-10-8-14(9-11-17)22(29)28-16-5-2-4-15(12-16)27-19-6-3-7-20-18(19)13-21(31-20)23(24,25)26/h3,6-11,13,15-16,27H,2,4-5,12H2,1H3,(H,28,29)/t15-,16+/m0/s1. The molecule has 0 radical (unpaired) electrons. The smallest absolute Gasteiger partial charge is 0.425 e. The molecule has 0 saturated heterocycles. The van der Waals surface area contributed by atoms with Crippen LogP contribution in [0.15, 0.2) is 48.5 Å². The average molecular weight is 449 g/mol. The molecular formula is C23H23F3N2O2S. The number of anilines is 1. The molecule has 2 aromatic carbocycles. The minimum Gasteiger partial charge on any atom is -0.497 e. The fourth-order valence-corrected chi connectivity index (χ4v) is 4.96. The third-order valence-corrected chi connectivity index (χ3v) is 6.71. The Morgan fingerprint density at radius 2 is 1.84 bits per heavy atom. The summed E-state index contributed by atoms with van der Waals surface area (Å²) in [5, 5.41) is 7.09. The van der Waals surface area contributed by atoms with Crippen molar-refractivity contribution in [3.8, 4) is 5.75 Å². The van der Waals surface area contributed by atoms with E-state index in [-0.39, 0.29) is 18.0 Å². The number of thiophene rings is 1. The van der Waals surface area contributed by atoms with E-state index in [4.69, 9.17) is 4.74 Å². The zero-order valence-electron chi connectivity index (χ0n) is 17.0. The molecule has 2 N–H and O–H groups in total. The summed E-state index contributed by atoms with van der Waals surface area (Å²) in [6, 6.07) is 13.5. The summed E-state index contributed by atoms with van der Waals surface area (Å²) in [6.45, 7) is 0. The van der Waals surface area contributed by atoms with Crippen molar-refractivity contribution in [1.82, 2.24) is 5.32 Å². The molecule has 8 heteroatoms. The molecule has 0 aliphatic heterocycles. The molecule has 0 bridgehead atoms. The third kappa shape index (κ3) is 4.95. The summed E-state index contributed by atoms with van der Waals surface area (Å²) in [5.74, 6) is 0.554. The number of carbonyl (C=O) groups is 1. The van der Waals surface area contributed by atoms with Crippen LogP contribution in [0.4, 0.5) is 18.9 Å². The molecule has 2 atom stereocenters. The second-order valence-electron chi connectivity index (χ2n) is 7.73. The summed E-state index contributed by atoms with van der Waals surface area (Å²) in [7, 11) is 1.57. The SMILES string of the molecule is COc1ccc(C(=O)N[C@@H]2CCC[C@H](Nc3cccc4sc(C(F)(F)F)cc34)C2)cc1. The van der Waals surface area contributed by atoms with Crippen molar-refractivity contribution >= 4 is 33.0 Å². The van der Waals surface area contributed by atoms with Crippen LogP contribution in [0, 0.1) is 0 Å². The summed E-state index contributed by atoms with van der Waals surface area (Å²) in [5.41, 5.74) is 1.27. The first-order valence-corrected chi connectivity index (χ1v) is 11.0. The monoisotopic (exact) mass is 448 g/mol. The van der Waals surface area contributed by atoms with Gasteiger partial charge in [0.2, 0.25) is 0 Å². The first-order chi connectivity index (χ1) is 14.8. The molecular weight excluding hydrogens is 425 g/mol. The zero-order valence-corrected chi connectivity index (χ0v) is 17.8. The molecule has 1 heterocycles. The van der Waals surface area contributed by atoms with E-state index in [0.29, 0.717) is 33.5 Å². The minimum absolute atomic E-state index is 0.00765. The highest BCUT2D eigenvalue weighted by Gasteiger charge is 2.33. The van der Waals surface area contributed by atoms with Crippen LogP contribution in [0.5, 0.6) is 5.75 Å². The van der Waals surface area contributed by atoms with Gasteiger partial charge in [-0.1, -0.05) is 6.07 Å². The topological polar surface area (TPSA) is 50.4 Å². The lowest BCUT2D eigenvalue weighted by molar-refractivity contribution is -0.134. The molecule has 1 aliphatic rings. The second-order valence-corrected chi connectivity index (χ2v) is 8.82. The molecule has 1 aromatic heterocycles. The number of amides is 1. The van der Waals surface area contributed by atoms with Crippen LogP contribution in [0.2, 0.25) is 0 Å². The molecule has 1 aliphatic carbocycles. The number of methoxy groups -OCH3 is 1. The summed E-state index contributed by atoms with van der Waals surface area (Å²) >= 11 is 0.759. The number of ether oxygens (including phenoxy) is 1. The maximum absolute atomic E-state index is 13.1. The maximum Gasteiger partial charge on any atom is 0.425 e. The van der Waals surface area contributed by atoms with Crippen molar-refractivity contribution < 1.29 is 22.7 Å². The lowest BCUT2D eigenvalue weighted by atomic mass is 9.90. The van der Waals surface area contributed by atoms with Crippen LogP contribution >= 0.6 is 11.3 Å². The number of halogens is 3. The molecule has 4 nitrogen and oxygen atoms in total. The van der Waals surface area contributed by atoms with E-state index >= 15 is 0 Å². The maximum atomic E-state index is 13.1. The Bertz CT molecular complexity index is 1060. The van der Waals surface area contributed by atoms with Gasteiger partial charge in [0.05, 0.1) is 7.11 Å². The first kappa shape index (κ1) is 21.5. The number of hydrogen-bond acceptors (Lipinski definition) is 4. The molecule has 4 rings (SSSR count). The molecule has 3 aromatic rings. The number of hydrogen-bond donors (Lipinski definition) is 2. The number of carbonyl (C=O) groups excluding carboxylic acids is 1. The van der Waals surface area contributed by atoms with Crippen molar-refractivity contribution in [3.05, 3.63) is 59.0 Å². The lowest BCUT2D eigenvalue weighted by Crippen LogP contribution is -2.41. The fraction of sp³-hybridized carbons (Fsp3) is 0.348. The normalized spacial score (nSPS) is 19.2. The number of nitrogens with one attached hydrogen (secondary N) is 2. The summed E-state index contributed by atoms with van der Waals surface area (Å²) < 4.78 is 45.1. The zero-order chi connectivity index (χ0) is 22.0. The Labute approximate surface area is 182 Å². The van der Waals surface area contributed by atoms with Crippen molar-refractivity contribution in [2.24, 2.45) is 0 Å². The molecule has 164 valence electrons. The van der Waals surface area contributed by atoms with Gasteiger partial charge in [-0.05, 0) is 68.1 Å². The molecule has 0 spiro atoms. The highest BCUT2D eigenvalue weighted by atomic mass is 32.1. The van der Waals surface area contributed by atoms with E-state index in [9.17, 15) is 18.0 Å². The minimum atomic E-state index is -4.34. The average Bonchev–Trinajstić information content (AvgIpc) is 3.20. The van der Waals surface area contributed by atoms with Crippen molar-refractivity contribution in [3.63, 3.8) is 0 Å². The number of rotatable bonds is 5. The van der Waals surface area contributed by atoms with E-state index in [2.05, 4.69) is 10.6 Å². The highest BCUT2D eigenvalue weighted by molar-refractivity contribution is 7.19. The Hall–Kier alpha value is -2.74. The van der Waals surface area contributed by atoms with Gasteiger partial charge in [0.15, 0.2) is 0 Å². The number of benzene rings is 2. The quantitative estimate of drug-likeness (QED) is 0.497. The fourth-order valence-electron chi connectivity index (χ4n) is 4.01. The van der Waals surface area contributed by atoms with E-state index in [1.54, 1.807) is 43.5 Å². The van der Waals surface area contributed by atoms with Gasteiger partial charge in [0, 0.05) is 33.4 Å². The van der Waals surface area contributed by atoms with E-state index in [1.807, 2.05) is 6.07 Å². The van der Waals surface area contributed by atoms with Crippen molar-refractivity contribution in [1.29, 1.82) is 0 Å². The largest absolute Gasteiger partial charge is 0.497 e. The van der Waals surface area contributed by atoms with Crippen LogP contribution in [-0.2, 0) is 6.18 Å². The van der Waals surface area contributed by atoms with Gasteiger partial charge in [0.25, 0.3) is 5.91 Å². The Balaban J connectivity index is 1.43. The van der Waals surface area contributed by atoms with Gasteiger partial charge < -0.3 is 15.4 Å². The van der Waals surface area contributed by atoms with Crippen LogP contribution in [0.25, 0.3) is 10.1 Å². The van der Waals surface area contributed by atoms with Crippen LogP contribution < -0.4 is 15.4 Å². The Kier molecular flexibility index (Phi) is 6.09. The predicted molar refractivity (Wildman–Crippen MR) is 117 cm³/mol. The van der Waals surface area contributed by atoms with Crippen molar-refractivity contribution in [2.45, 2.75) is 43.9 Å².